The van der Waals surface area contributed by atoms with Gasteiger partial charge in [0.15, 0.2) is 0 Å². The van der Waals surface area contributed by atoms with Crippen LogP contribution in [0.1, 0.15) is 11.1 Å². The summed E-state index contributed by atoms with van der Waals surface area (Å²) in [4.78, 5) is 2.34. The summed E-state index contributed by atoms with van der Waals surface area (Å²) in [6, 6.07) is 18.6. The summed E-state index contributed by atoms with van der Waals surface area (Å²) in [5, 5.41) is 12.7. The zero-order chi connectivity index (χ0) is 15.4. The molecule has 1 heterocycles. The summed E-state index contributed by atoms with van der Waals surface area (Å²) in [6.07, 6.45) is 0. The number of nitrogens with zero attached hydrogens (tertiary/aromatic N) is 1. The van der Waals surface area contributed by atoms with Gasteiger partial charge in [-0.2, -0.15) is 0 Å². The normalized spacial score (nSPS) is 16.5. The van der Waals surface area contributed by atoms with Crippen LogP contribution in [0.2, 0.25) is 0 Å². The number of para-hydroxylation sites is 1. The van der Waals surface area contributed by atoms with Gasteiger partial charge in [0, 0.05) is 30.9 Å². The van der Waals surface area contributed by atoms with E-state index in [0.717, 1.165) is 36.6 Å². The number of rotatable bonds is 3. The maximum absolute atomic E-state index is 9.37. The zero-order valence-corrected chi connectivity index (χ0v) is 12.5. The zero-order valence-electron chi connectivity index (χ0n) is 12.5. The molecular weight excluding hydrogens is 274 g/mol. The third-order valence-corrected chi connectivity index (χ3v) is 3.91. The van der Waals surface area contributed by atoms with Crippen molar-refractivity contribution in [2.24, 2.45) is 5.73 Å². The van der Waals surface area contributed by atoms with E-state index in [0.29, 0.717) is 5.70 Å². The van der Waals surface area contributed by atoms with Crippen LogP contribution in [0.15, 0.2) is 60.3 Å². The molecule has 2 aromatic carbocycles. The molecule has 4 heteroatoms. The van der Waals surface area contributed by atoms with E-state index in [9.17, 15) is 5.11 Å². The van der Waals surface area contributed by atoms with Crippen molar-refractivity contribution in [1.82, 2.24) is 5.32 Å². The molecule has 0 bridgehead atoms. The molecule has 0 amide bonds. The van der Waals surface area contributed by atoms with E-state index in [4.69, 9.17) is 5.73 Å². The number of aliphatic hydroxyl groups excluding tert-OH is 1. The Bertz CT molecular complexity index is 667. The number of anilines is 1. The van der Waals surface area contributed by atoms with Gasteiger partial charge in [0.2, 0.25) is 0 Å². The summed E-state index contributed by atoms with van der Waals surface area (Å²) in [5.74, 6) is 0. The summed E-state index contributed by atoms with van der Waals surface area (Å²) in [6.45, 7) is 2.38. The van der Waals surface area contributed by atoms with E-state index in [1.807, 2.05) is 24.3 Å². The molecule has 4 nitrogen and oxygen atoms in total. The van der Waals surface area contributed by atoms with Gasteiger partial charge in [-0.1, -0.05) is 48.5 Å². The fourth-order valence-electron chi connectivity index (χ4n) is 2.83. The van der Waals surface area contributed by atoms with Crippen LogP contribution < -0.4 is 16.0 Å². The van der Waals surface area contributed by atoms with Gasteiger partial charge >= 0.3 is 0 Å². The Hall–Kier alpha value is -2.46. The van der Waals surface area contributed by atoms with Crippen LogP contribution in [0, 0.1) is 0 Å². The molecule has 0 fully saturated rings. The van der Waals surface area contributed by atoms with Crippen molar-refractivity contribution in [1.29, 1.82) is 0 Å². The standard InChI is InChI=1S/C18H21N3O/c19-16(13-22)18-15-8-4-5-9-17(15)21(11-10-20-18)12-14-6-2-1-3-7-14/h1-9,20,22H,10-13,19H2/b18-16-. The molecule has 0 saturated carbocycles. The number of nitrogens with two attached hydrogens (primary N) is 1. The van der Waals surface area contributed by atoms with Crippen molar-refractivity contribution in [3.63, 3.8) is 0 Å². The molecule has 0 aliphatic carbocycles. The van der Waals surface area contributed by atoms with E-state index in [1.165, 1.54) is 5.56 Å². The first-order chi connectivity index (χ1) is 10.8. The van der Waals surface area contributed by atoms with Crippen LogP contribution in [0.4, 0.5) is 5.69 Å². The first kappa shape index (κ1) is 14.5. The fourth-order valence-corrected chi connectivity index (χ4v) is 2.83. The highest BCUT2D eigenvalue weighted by Gasteiger charge is 2.19. The monoisotopic (exact) mass is 295 g/mol. The quantitative estimate of drug-likeness (QED) is 0.809. The molecular formula is C18H21N3O. The molecule has 4 N–H and O–H groups in total. The van der Waals surface area contributed by atoms with Crippen molar-refractivity contribution in [2.45, 2.75) is 6.54 Å². The molecule has 0 unspecified atom stereocenters. The summed E-state index contributed by atoms with van der Waals surface area (Å²) >= 11 is 0. The topological polar surface area (TPSA) is 61.5 Å². The minimum Gasteiger partial charge on any atom is -0.398 e. The van der Waals surface area contributed by atoms with Crippen molar-refractivity contribution >= 4 is 11.4 Å². The number of benzene rings is 2. The Balaban J connectivity index is 1.99. The molecule has 0 radical (unpaired) electrons. The van der Waals surface area contributed by atoms with Crippen LogP contribution in [-0.4, -0.2) is 24.8 Å². The molecule has 1 aliphatic heterocycles. The SMILES string of the molecule is N/C(CO)=C1\NCCN(Cc2ccccc2)c2ccccc21. The van der Waals surface area contributed by atoms with Crippen molar-refractivity contribution in [3.8, 4) is 0 Å². The summed E-state index contributed by atoms with van der Waals surface area (Å²) < 4.78 is 0. The molecule has 0 aromatic heterocycles. The van der Waals surface area contributed by atoms with E-state index in [2.05, 4.69) is 40.5 Å². The Morgan fingerprint density at radius 1 is 1.09 bits per heavy atom. The molecule has 3 rings (SSSR count). The Morgan fingerprint density at radius 2 is 1.82 bits per heavy atom. The molecule has 22 heavy (non-hydrogen) atoms. The maximum Gasteiger partial charge on any atom is 0.0846 e. The van der Waals surface area contributed by atoms with Gasteiger partial charge in [0.1, 0.15) is 0 Å². The Kier molecular flexibility index (Phi) is 4.30. The largest absolute Gasteiger partial charge is 0.398 e. The van der Waals surface area contributed by atoms with E-state index >= 15 is 0 Å². The first-order valence-corrected chi connectivity index (χ1v) is 7.51. The lowest BCUT2D eigenvalue weighted by molar-refractivity contribution is 0.330. The number of aliphatic hydroxyl groups is 1. The van der Waals surface area contributed by atoms with Gasteiger partial charge in [0.25, 0.3) is 0 Å². The lowest BCUT2D eigenvalue weighted by Gasteiger charge is -2.24. The van der Waals surface area contributed by atoms with E-state index in [-0.39, 0.29) is 6.61 Å². The molecule has 0 atom stereocenters. The Labute approximate surface area is 130 Å². The minimum atomic E-state index is -0.143. The highest BCUT2D eigenvalue weighted by molar-refractivity contribution is 5.78. The van der Waals surface area contributed by atoms with Crippen LogP contribution in [0.25, 0.3) is 5.70 Å². The predicted molar refractivity (Wildman–Crippen MR) is 90.1 cm³/mol. The third-order valence-electron chi connectivity index (χ3n) is 3.91. The lowest BCUT2D eigenvalue weighted by Crippen LogP contribution is -2.28. The molecule has 114 valence electrons. The number of hydrogen-bond donors (Lipinski definition) is 3. The average Bonchev–Trinajstić information content (AvgIpc) is 2.75. The number of nitrogens with one attached hydrogen (secondary N) is 1. The lowest BCUT2D eigenvalue weighted by atomic mass is 10.1. The van der Waals surface area contributed by atoms with Crippen LogP contribution in [0.3, 0.4) is 0 Å². The smallest absolute Gasteiger partial charge is 0.0846 e. The van der Waals surface area contributed by atoms with Crippen LogP contribution in [-0.2, 0) is 6.54 Å². The van der Waals surface area contributed by atoms with Crippen LogP contribution in [0.5, 0.6) is 0 Å². The Morgan fingerprint density at radius 3 is 2.59 bits per heavy atom. The second-order valence-corrected chi connectivity index (χ2v) is 5.41. The van der Waals surface area contributed by atoms with E-state index in [1.54, 1.807) is 0 Å². The average molecular weight is 295 g/mol. The van der Waals surface area contributed by atoms with Crippen molar-refractivity contribution in [3.05, 3.63) is 71.4 Å². The van der Waals surface area contributed by atoms with Crippen molar-refractivity contribution < 1.29 is 5.11 Å². The highest BCUT2D eigenvalue weighted by Crippen LogP contribution is 2.29. The van der Waals surface area contributed by atoms with Gasteiger partial charge < -0.3 is 21.1 Å². The third kappa shape index (κ3) is 2.92. The van der Waals surface area contributed by atoms with Gasteiger partial charge in [-0.15, -0.1) is 0 Å². The van der Waals surface area contributed by atoms with Gasteiger partial charge in [-0.3, -0.25) is 0 Å². The molecule has 1 aliphatic rings. The van der Waals surface area contributed by atoms with Crippen LogP contribution >= 0.6 is 0 Å². The fraction of sp³-hybridized carbons (Fsp3) is 0.222. The number of hydrogen-bond acceptors (Lipinski definition) is 4. The van der Waals surface area contributed by atoms with Gasteiger partial charge in [-0.05, 0) is 11.6 Å². The van der Waals surface area contributed by atoms with Gasteiger partial charge in [-0.25, -0.2) is 0 Å². The molecule has 2 aromatic rings. The highest BCUT2D eigenvalue weighted by atomic mass is 16.3. The number of fused-ring (bicyclic) bond motifs is 1. The maximum atomic E-state index is 9.37. The predicted octanol–water partition coefficient (Wildman–Crippen LogP) is 1.92. The molecule has 0 saturated heterocycles. The van der Waals surface area contributed by atoms with E-state index < -0.39 is 0 Å². The second kappa shape index (κ2) is 6.54. The molecule has 0 spiro atoms. The van der Waals surface area contributed by atoms with Gasteiger partial charge in [0.05, 0.1) is 18.0 Å². The summed E-state index contributed by atoms with van der Waals surface area (Å²) in [7, 11) is 0. The minimum absolute atomic E-state index is 0.143. The van der Waals surface area contributed by atoms with Crippen molar-refractivity contribution in [2.75, 3.05) is 24.6 Å². The second-order valence-electron chi connectivity index (χ2n) is 5.41. The first-order valence-electron chi connectivity index (χ1n) is 7.51. The summed E-state index contributed by atoms with van der Waals surface area (Å²) in [5.41, 5.74) is 10.8.